The molecule has 0 saturated carbocycles. The SMILES string of the molecule is O=C(O)c1ccc(C(NCc2cccnc2)C(=O)NCc2ccncc2)cc1. The van der Waals surface area contributed by atoms with Crippen molar-refractivity contribution in [1.29, 1.82) is 0 Å². The summed E-state index contributed by atoms with van der Waals surface area (Å²) in [4.78, 5) is 32.0. The molecule has 0 radical (unpaired) electrons. The van der Waals surface area contributed by atoms with E-state index in [9.17, 15) is 9.59 Å². The molecule has 7 heteroatoms. The Balaban J connectivity index is 1.74. The molecular formula is C21H20N4O3. The van der Waals surface area contributed by atoms with Crippen molar-refractivity contribution >= 4 is 11.9 Å². The van der Waals surface area contributed by atoms with Gasteiger partial charge < -0.3 is 10.4 Å². The van der Waals surface area contributed by atoms with Crippen molar-refractivity contribution in [1.82, 2.24) is 20.6 Å². The Labute approximate surface area is 162 Å². The Morgan fingerprint density at radius 3 is 2.29 bits per heavy atom. The molecule has 3 rings (SSSR count). The van der Waals surface area contributed by atoms with Gasteiger partial charge in [-0.1, -0.05) is 18.2 Å². The number of aromatic nitrogens is 2. The number of pyridine rings is 2. The van der Waals surface area contributed by atoms with Gasteiger partial charge in [-0.25, -0.2) is 4.79 Å². The van der Waals surface area contributed by atoms with Gasteiger partial charge in [0, 0.05) is 37.9 Å². The third-order valence-corrected chi connectivity index (χ3v) is 4.20. The summed E-state index contributed by atoms with van der Waals surface area (Å²) in [6.07, 6.45) is 6.76. The molecule has 0 aliphatic carbocycles. The van der Waals surface area contributed by atoms with Gasteiger partial charge in [0.2, 0.25) is 5.91 Å². The summed E-state index contributed by atoms with van der Waals surface area (Å²) in [5.41, 5.74) is 2.74. The van der Waals surface area contributed by atoms with Crippen LogP contribution in [0.25, 0.3) is 0 Å². The molecule has 1 amide bonds. The Morgan fingerprint density at radius 2 is 1.64 bits per heavy atom. The van der Waals surface area contributed by atoms with E-state index < -0.39 is 12.0 Å². The van der Waals surface area contributed by atoms with E-state index in [0.717, 1.165) is 11.1 Å². The van der Waals surface area contributed by atoms with Crippen LogP contribution in [-0.4, -0.2) is 27.0 Å². The van der Waals surface area contributed by atoms with E-state index in [1.165, 1.54) is 12.1 Å². The lowest BCUT2D eigenvalue weighted by atomic mass is 10.0. The van der Waals surface area contributed by atoms with Crippen molar-refractivity contribution in [2.24, 2.45) is 0 Å². The molecule has 2 aromatic heterocycles. The Kier molecular flexibility index (Phi) is 6.43. The number of hydrogen-bond acceptors (Lipinski definition) is 5. The van der Waals surface area contributed by atoms with Crippen molar-refractivity contribution in [2.75, 3.05) is 0 Å². The molecule has 1 aromatic carbocycles. The molecule has 7 nitrogen and oxygen atoms in total. The van der Waals surface area contributed by atoms with E-state index in [2.05, 4.69) is 20.6 Å². The molecule has 3 N–H and O–H groups in total. The maximum absolute atomic E-state index is 12.8. The predicted molar refractivity (Wildman–Crippen MR) is 103 cm³/mol. The normalized spacial score (nSPS) is 11.6. The number of carbonyl (C=O) groups is 2. The van der Waals surface area contributed by atoms with Crippen LogP contribution in [0.4, 0.5) is 0 Å². The zero-order valence-corrected chi connectivity index (χ0v) is 15.1. The van der Waals surface area contributed by atoms with Crippen molar-refractivity contribution in [3.63, 3.8) is 0 Å². The number of rotatable bonds is 8. The number of nitrogens with one attached hydrogen (secondary N) is 2. The highest BCUT2D eigenvalue weighted by atomic mass is 16.4. The first-order valence-corrected chi connectivity index (χ1v) is 8.75. The lowest BCUT2D eigenvalue weighted by Gasteiger charge is -2.19. The number of amides is 1. The highest BCUT2D eigenvalue weighted by Gasteiger charge is 2.20. The highest BCUT2D eigenvalue weighted by Crippen LogP contribution is 2.16. The number of carboxylic acids is 1. The molecule has 142 valence electrons. The molecule has 0 spiro atoms. The number of hydrogen-bond donors (Lipinski definition) is 3. The van der Waals surface area contributed by atoms with Crippen LogP contribution in [0.5, 0.6) is 0 Å². The van der Waals surface area contributed by atoms with E-state index in [1.54, 1.807) is 36.9 Å². The Morgan fingerprint density at radius 1 is 0.893 bits per heavy atom. The minimum absolute atomic E-state index is 0.173. The third-order valence-electron chi connectivity index (χ3n) is 4.20. The molecule has 1 unspecified atom stereocenters. The molecule has 0 aliphatic heterocycles. The monoisotopic (exact) mass is 376 g/mol. The van der Waals surface area contributed by atoms with Crippen molar-refractivity contribution in [3.05, 3.63) is 95.6 Å². The van der Waals surface area contributed by atoms with Gasteiger partial charge in [-0.3, -0.25) is 20.1 Å². The van der Waals surface area contributed by atoms with Gasteiger partial charge in [-0.05, 0) is 47.0 Å². The van der Waals surface area contributed by atoms with Gasteiger partial charge in [0.1, 0.15) is 6.04 Å². The zero-order chi connectivity index (χ0) is 19.8. The van der Waals surface area contributed by atoms with Crippen LogP contribution in [0, 0.1) is 0 Å². The third kappa shape index (κ3) is 5.21. The predicted octanol–water partition coefficient (Wildman–Crippen LogP) is 2.32. The zero-order valence-electron chi connectivity index (χ0n) is 15.1. The van der Waals surface area contributed by atoms with Crippen LogP contribution in [-0.2, 0) is 17.9 Å². The second kappa shape index (κ2) is 9.38. The average Bonchev–Trinajstić information content (AvgIpc) is 2.74. The van der Waals surface area contributed by atoms with Gasteiger partial charge in [-0.2, -0.15) is 0 Å². The maximum Gasteiger partial charge on any atom is 0.335 e. The van der Waals surface area contributed by atoms with E-state index in [0.29, 0.717) is 18.7 Å². The van der Waals surface area contributed by atoms with E-state index in [-0.39, 0.29) is 11.5 Å². The first kappa shape index (κ1) is 19.2. The molecule has 0 bridgehead atoms. The molecule has 28 heavy (non-hydrogen) atoms. The molecule has 1 atom stereocenters. The molecule has 2 heterocycles. The van der Waals surface area contributed by atoms with Crippen molar-refractivity contribution < 1.29 is 14.7 Å². The number of benzene rings is 1. The van der Waals surface area contributed by atoms with Gasteiger partial charge in [-0.15, -0.1) is 0 Å². The summed E-state index contributed by atoms with van der Waals surface area (Å²) < 4.78 is 0. The first-order chi connectivity index (χ1) is 13.6. The second-order valence-electron chi connectivity index (χ2n) is 6.18. The van der Waals surface area contributed by atoms with Crippen LogP contribution in [0.3, 0.4) is 0 Å². The summed E-state index contributed by atoms with van der Waals surface area (Å²) in [5, 5.41) is 15.2. The summed E-state index contributed by atoms with van der Waals surface area (Å²) >= 11 is 0. The standard InChI is InChI=1S/C21H20N4O3/c26-20(25-13-15-7-10-22-11-8-15)19(24-14-16-2-1-9-23-12-16)17-3-5-18(6-4-17)21(27)28/h1-12,19,24H,13-14H2,(H,25,26)(H,27,28). The smallest absolute Gasteiger partial charge is 0.335 e. The number of nitrogens with zero attached hydrogens (tertiary/aromatic N) is 2. The average molecular weight is 376 g/mol. The largest absolute Gasteiger partial charge is 0.478 e. The molecule has 0 saturated heterocycles. The molecule has 0 fully saturated rings. The van der Waals surface area contributed by atoms with Gasteiger partial charge in [0.25, 0.3) is 0 Å². The lowest BCUT2D eigenvalue weighted by Crippen LogP contribution is -2.37. The second-order valence-corrected chi connectivity index (χ2v) is 6.18. The fraction of sp³-hybridized carbons (Fsp3) is 0.143. The van der Waals surface area contributed by atoms with Crippen molar-refractivity contribution in [3.8, 4) is 0 Å². The minimum atomic E-state index is -1.01. The van der Waals surface area contributed by atoms with Crippen LogP contribution in [0.1, 0.15) is 33.1 Å². The first-order valence-electron chi connectivity index (χ1n) is 8.75. The summed E-state index contributed by atoms with van der Waals surface area (Å²) in [7, 11) is 0. The van der Waals surface area contributed by atoms with Crippen LogP contribution < -0.4 is 10.6 Å². The fourth-order valence-corrected chi connectivity index (χ4v) is 2.69. The summed E-state index contributed by atoms with van der Waals surface area (Å²) in [5.74, 6) is -1.21. The maximum atomic E-state index is 12.8. The van der Waals surface area contributed by atoms with E-state index >= 15 is 0 Å². The molecule has 3 aromatic rings. The Hall–Kier alpha value is -3.58. The van der Waals surface area contributed by atoms with Crippen molar-refractivity contribution in [2.45, 2.75) is 19.1 Å². The van der Waals surface area contributed by atoms with Gasteiger partial charge in [0.05, 0.1) is 5.56 Å². The van der Waals surface area contributed by atoms with Gasteiger partial charge >= 0.3 is 5.97 Å². The van der Waals surface area contributed by atoms with Gasteiger partial charge in [0.15, 0.2) is 0 Å². The van der Waals surface area contributed by atoms with Crippen LogP contribution in [0.2, 0.25) is 0 Å². The number of carbonyl (C=O) groups excluding carboxylic acids is 1. The topological polar surface area (TPSA) is 104 Å². The molecular weight excluding hydrogens is 356 g/mol. The number of carboxylic acid groups (broad SMARTS) is 1. The minimum Gasteiger partial charge on any atom is -0.478 e. The fourth-order valence-electron chi connectivity index (χ4n) is 2.69. The van der Waals surface area contributed by atoms with E-state index in [1.807, 2.05) is 24.3 Å². The van der Waals surface area contributed by atoms with Crippen LogP contribution >= 0.6 is 0 Å². The highest BCUT2D eigenvalue weighted by molar-refractivity contribution is 5.88. The number of aromatic carboxylic acids is 1. The molecule has 0 aliphatic rings. The van der Waals surface area contributed by atoms with E-state index in [4.69, 9.17) is 5.11 Å². The quantitative estimate of drug-likeness (QED) is 0.557. The Bertz CT molecular complexity index is 915. The lowest BCUT2D eigenvalue weighted by molar-refractivity contribution is -0.123. The summed E-state index contributed by atoms with van der Waals surface area (Å²) in [6, 6.07) is 13.1. The summed E-state index contributed by atoms with van der Waals surface area (Å²) in [6.45, 7) is 0.821. The van der Waals surface area contributed by atoms with Crippen LogP contribution in [0.15, 0.2) is 73.3 Å².